The summed E-state index contributed by atoms with van der Waals surface area (Å²) in [6, 6.07) is 32.2. The van der Waals surface area contributed by atoms with E-state index in [0.717, 1.165) is 26.9 Å². The first-order chi connectivity index (χ1) is 17.5. The highest BCUT2D eigenvalue weighted by atomic mass is 35.5. The van der Waals surface area contributed by atoms with Gasteiger partial charge in [0.1, 0.15) is 5.56 Å². The molecule has 5 aromatic rings. The highest BCUT2D eigenvalue weighted by Gasteiger charge is 2.23. The Labute approximate surface area is 218 Å². The normalized spacial score (nSPS) is 10.9. The van der Waals surface area contributed by atoms with Gasteiger partial charge in [-0.05, 0) is 59.8 Å². The van der Waals surface area contributed by atoms with Crippen LogP contribution in [0.15, 0.2) is 113 Å². The van der Waals surface area contributed by atoms with Gasteiger partial charge in [-0.2, -0.15) is 0 Å². The number of fused-ring (bicyclic) bond motifs is 1. The van der Waals surface area contributed by atoms with Crippen LogP contribution < -0.4 is 10.9 Å². The standard InChI is InChI=1S/C30H23ClN2O2S/c1-36-24-16-14-23(15-17-24)32-29(34)28-27(21-9-3-2-4-10-21)25-12-5-6-13-26(25)33(30(28)35)19-20-8-7-11-22(31)18-20/h2-18H,19H2,1H3,(H,32,34). The lowest BCUT2D eigenvalue weighted by Crippen LogP contribution is -2.31. The van der Waals surface area contributed by atoms with Crippen molar-refractivity contribution in [3.8, 4) is 11.1 Å². The van der Waals surface area contributed by atoms with E-state index >= 15 is 0 Å². The Morgan fingerprint density at radius 2 is 1.61 bits per heavy atom. The number of thioether (sulfide) groups is 1. The predicted octanol–water partition coefficient (Wildman–Crippen LogP) is 7.34. The highest BCUT2D eigenvalue weighted by molar-refractivity contribution is 7.98. The first kappa shape index (κ1) is 23.9. The number of carbonyl (C=O) groups excluding carboxylic acids is 1. The molecule has 0 aliphatic heterocycles. The van der Waals surface area contributed by atoms with Crippen molar-refractivity contribution in [2.24, 2.45) is 0 Å². The lowest BCUT2D eigenvalue weighted by Gasteiger charge is -2.18. The Hall–Kier alpha value is -3.80. The first-order valence-corrected chi connectivity index (χ1v) is 13.1. The maximum Gasteiger partial charge on any atom is 0.264 e. The molecule has 1 aromatic heterocycles. The minimum absolute atomic E-state index is 0.107. The fourth-order valence-electron chi connectivity index (χ4n) is 4.36. The van der Waals surface area contributed by atoms with Crippen LogP contribution in [0.25, 0.3) is 22.0 Å². The number of nitrogens with one attached hydrogen (secondary N) is 1. The molecule has 0 radical (unpaired) electrons. The molecular weight excluding hydrogens is 488 g/mol. The molecule has 6 heteroatoms. The van der Waals surface area contributed by atoms with E-state index in [1.54, 1.807) is 22.4 Å². The largest absolute Gasteiger partial charge is 0.322 e. The summed E-state index contributed by atoms with van der Waals surface area (Å²) in [6.07, 6.45) is 2.00. The summed E-state index contributed by atoms with van der Waals surface area (Å²) in [4.78, 5) is 28.9. The molecule has 0 aliphatic carbocycles. The van der Waals surface area contributed by atoms with E-state index in [1.165, 1.54) is 0 Å². The van der Waals surface area contributed by atoms with Gasteiger partial charge in [-0.1, -0.05) is 72.3 Å². The number of para-hydroxylation sites is 1. The molecule has 0 saturated heterocycles. The summed E-state index contributed by atoms with van der Waals surface area (Å²) in [7, 11) is 0. The van der Waals surface area contributed by atoms with Crippen molar-refractivity contribution in [1.29, 1.82) is 0 Å². The number of pyridine rings is 1. The lowest BCUT2D eigenvalue weighted by molar-refractivity contribution is 0.102. The Bertz CT molecular complexity index is 1610. The number of hydrogen-bond donors (Lipinski definition) is 1. The Kier molecular flexibility index (Phi) is 6.94. The van der Waals surface area contributed by atoms with E-state index in [2.05, 4.69) is 5.32 Å². The summed E-state index contributed by atoms with van der Waals surface area (Å²) in [5.41, 5.74) is 3.44. The number of hydrogen-bond acceptors (Lipinski definition) is 3. The molecule has 0 atom stereocenters. The molecule has 0 fully saturated rings. The summed E-state index contributed by atoms with van der Waals surface area (Å²) < 4.78 is 1.65. The van der Waals surface area contributed by atoms with E-state index < -0.39 is 5.91 Å². The molecular formula is C30H23ClN2O2S. The molecule has 4 aromatic carbocycles. The van der Waals surface area contributed by atoms with E-state index in [-0.39, 0.29) is 17.7 Å². The van der Waals surface area contributed by atoms with E-state index in [9.17, 15) is 9.59 Å². The van der Waals surface area contributed by atoms with Gasteiger partial charge in [0.2, 0.25) is 0 Å². The molecule has 1 N–H and O–H groups in total. The third-order valence-electron chi connectivity index (χ3n) is 6.04. The fraction of sp³-hybridized carbons (Fsp3) is 0.0667. The molecule has 0 unspecified atom stereocenters. The minimum Gasteiger partial charge on any atom is -0.322 e. The SMILES string of the molecule is CSc1ccc(NC(=O)c2c(-c3ccccc3)c3ccccc3n(Cc3cccc(Cl)c3)c2=O)cc1. The molecule has 1 amide bonds. The number of halogens is 1. The topological polar surface area (TPSA) is 51.1 Å². The van der Waals surface area contributed by atoms with Gasteiger partial charge in [-0.3, -0.25) is 9.59 Å². The molecule has 5 rings (SSSR count). The number of amides is 1. The molecule has 0 aliphatic rings. The van der Waals surface area contributed by atoms with Gasteiger partial charge in [-0.25, -0.2) is 0 Å². The van der Waals surface area contributed by atoms with Crippen LogP contribution >= 0.6 is 23.4 Å². The molecule has 1 heterocycles. The quantitative estimate of drug-likeness (QED) is 0.243. The van der Waals surface area contributed by atoms with Crippen LogP contribution in [0.5, 0.6) is 0 Å². The number of carbonyl (C=O) groups is 1. The molecule has 0 spiro atoms. The summed E-state index contributed by atoms with van der Waals surface area (Å²) in [5, 5.41) is 4.36. The van der Waals surface area contributed by atoms with Crippen LogP contribution in [0.3, 0.4) is 0 Å². The van der Waals surface area contributed by atoms with Crippen LogP contribution in [0.4, 0.5) is 5.69 Å². The van der Waals surface area contributed by atoms with Gasteiger partial charge in [0.25, 0.3) is 11.5 Å². The predicted molar refractivity (Wildman–Crippen MR) is 150 cm³/mol. The first-order valence-electron chi connectivity index (χ1n) is 11.5. The van der Waals surface area contributed by atoms with Gasteiger partial charge >= 0.3 is 0 Å². The van der Waals surface area contributed by atoms with Gasteiger partial charge < -0.3 is 9.88 Å². The minimum atomic E-state index is -0.443. The maximum absolute atomic E-state index is 14.1. The Morgan fingerprint density at radius 3 is 2.33 bits per heavy atom. The van der Waals surface area contributed by atoms with E-state index in [0.29, 0.717) is 16.3 Å². The van der Waals surface area contributed by atoms with Crippen molar-refractivity contribution in [3.63, 3.8) is 0 Å². The third kappa shape index (κ3) is 4.81. The van der Waals surface area contributed by atoms with Gasteiger partial charge in [0.15, 0.2) is 0 Å². The van der Waals surface area contributed by atoms with Crippen molar-refractivity contribution in [2.75, 3.05) is 11.6 Å². The Balaban J connectivity index is 1.73. The van der Waals surface area contributed by atoms with Crippen molar-refractivity contribution in [1.82, 2.24) is 4.57 Å². The van der Waals surface area contributed by atoms with Crippen molar-refractivity contribution in [2.45, 2.75) is 11.4 Å². The van der Waals surface area contributed by atoms with Crippen molar-refractivity contribution >= 4 is 45.9 Å². The fourth-order valence-corrected chi connectivity index (χ4v) is 4.99. The maximum atomic E-state index is 14.1. The van der Waals surface area contributed by atoms with Crippen LogP contribution in [-0.2, 0) is 6.54 Å². The molecule has 0 saturated carbocycles. The third-order valence-corrected chi connectivity index (χ3v) is 7.02. The second-order valence-electron chi connectivity index (χ2n) is 8.34. The van der Waals surface area contributed by atoms with Crippen molar-refractivity contribution < 1.29 is 4.79 Å². The van der Waals surface area contributed by atoms with Crippen LogP contribution in [0, 0.1) is 0 Å². The number of nitrogens with zero attached hydrogens (tertiary/aromatic N) is 1. The zero-order valence-electron chi connectivity index (χ0n) is 19.6. The van der Waals surface area contributed by atoms with Crippen molar-refractivity contribution in [3.05, 3.63) is 130 Å². The smallest absolute Gasteiger partial charge is 0.264 e. The van der Waals surface area contributed by atoms with E-state index in [4.69, 9.17) is 11.6 Å². The number of rotatable bonds is 6. The van der Waals surface area contributed by atoms with Gasteiger partial charge in [0.05, 0.1) is 12.1 Å². The number of benzene rings is 4. The zero-order valence-corrected chi connectivity index (χ0v) is 21.1. The molecule has 36 heavy (non-hydrogen) atoms. The van der Waals surface area contributed by atoms with Crippen LogP contribution in [0.2, 0.25) is 5.02 Å². The molecule has 0 bridgehead atoms. The zero-order chi connectivity index (χ0) is 25.1. The summed E-state index contributed by atoms with van der Waals surface area (Å²) >= 11 is 7.84. The molecule has 4 nitrogen and oxygen atoms in total. The average molecular weight is 511 g/mol. The lowest BCUT2D eigenvalue weighted by atomic mass is 9.95. The highest BCUT2D eigenvalue weighted by Crippen LogP contribution is 2.31. The summed E-state index contributed by atoms with van der Waals surface area (Å²) in [6.45, 7) is 0.289. The van der Waals surface area contributed by atoms with Gasteiger partial charge in [0, 0.05) is 26.6 Å². The number of anilines is 1. The van der Waals surface area contributed by atoms with Crippen LogP contribution in [0.1, 0.15) is 15.9 Å². The second kappa shape index (κ2) is 10.4. The number of aromatic nitrogens is 1. The monoisotopic (exact) mass is 510 g/mol. The summed E-state index contributed by atoms with van der Waals surface area (Å²) in [5.74, 6) is -0.443. The average Bonchev–Trinajstić information content (AvgIpc) is 2.91. The second-order valence-corrected chi connectivity index (χ2v) is 9.65. The Morgan fingerprint density at radius 1 is 0.889 bits per heavy atom. The molecule has 178 valence electrons. The van der Waals surface area contributed by atoms with E-state index in [1.807, 2.05) is 103 Å². The van der Waals surface area contributed by atoms with Crippen LogP contribution in [-0.4, -0.2) is 16.7 Å². The van der Waals surface area contributed by atoms with Gasteiger partial charge in [-0.15, -0.1) is 11.8 Å².